The summed E-state index contributed by atoms with van der Waals surface area (Å²) in [6.45, 7) is 3.04. The van der Waals surface area contributed by atoms with E-state index in [9.17, 15) is 53.1 Å². The van der Waals surface area contributed by atoms with Crippen molar-refractivity contribution in [3.8, 4) is 0 Å². The number of carbonyl (C=O) groups excluding carboxylic acids is 2. The lowest BCUT2D eigenvalue weighted by molar-refractivity contribution is -0.137. The average Bonchev–Trinajstić information content (AvgIpc) is 3.78. The molecule has 0 aromatic carbocycles. The number of nitrogens with zero attached hydrogens (tertiary/aromatic N) is 4. The summed E-state index contributed by atoms with van der Waals surface area (Å²) < 4.78 is 62.4. The van der Waals surface area contributed by atoms with Crippen LogP contribution in [-0.4, -0.2) is 118 Å². The largest absolute Gasteiger partial charge is 0.481 e. The Kier molecular flexibility index (Phi) is 23.4. The highest BCUT2D eigenvalue weighted by Gasteiger charge is 2.50. The zero-order valence-corrected chi connectivity index (χ0v) is 39.5. The molecule has 2 aromatic rings. The number of allylic oxidation sites excluding steroid dienone is 5. The van der Waals surface area contributed by atoms with Gasteiger partial charge >= 0.3 is 23.5 Å². The highest BCUT2D eigenvalue weighted by atomic mass is 32.2. The summed E-state index contributed by atoms with van der Waals surface area (Å²) >= 11 is 1.51. The zero-order chi connectivity index (χ0) is 47.4. The molecular weight excluding hydrogens is 923 g/mol. The number of unbranched alkanes of at least 4 members (excludes halogenated alkanes) is 8. The lowest BCUT2D eigenvalue weighted by Crippen LogP contribution is -2.46. The van der Waals surface area contributed by atoms with Crippen molar-refractivity contribution in [2.45, 2.75) is 116 Å². The number of aromatic nitrogens is 4. The Bertz CT molecular complexity index is 2020. The Labute approximate surface area is 376 Å². The minimum absolute atomic E-state index is 0.0356. The van der Waals surface area contributed by atoms with Crippen molar-refractivity contribution in [1.29, 1.82) is 0 Å². The molecule has 0 spiro atoms. The number of ether oxygens (including phenoxy) is 1. The van der Waals surface area contributed by atoms with Crippen LogP contribution in [0.4, 0.5) is 5.82 Å². The fourth-order valence-corrected chi connectivity index (χ4v) is 9.44. The van der Waals surface area contributed by atoms with Crippen molar-refractivity contribution in [1.82, 2.24) is 30.2 Å². The van der Waals surface area contributed by atoms with Crippen LogP contribution in [0, 0.1) is 5.41 Å². The van der Waals surface area contributed by atoms with Gasteiger partial charge in [0, 0.05) is 30.7 Å². The molecule has 1 fully saturated rings. The van der Waals surface area contributed by atoms with E-state index >= 15 is 0 Å². The normalized spacial score (nSPS) is 20.9. The number of thioether (sulfide) groups is 1. The van der Waals surface area contributed by atoms with Gasteiger partial charge < -0.3 is 50.9 Å². The van der Waals surface area contributed by atoms with Crippen molar-refractivity contribution in [3.63, 3.8) is 0 Å². The molecule has 0 bridgehead atoms. The summed E-state index contributed by atoms with van der Waals surface area (Å²) in [6.07, 6.45) is 14.7. The summed E-state index contributed by atoms with van der Waals surface area (Å²) in [5, 5.41) is 28.6. The predicted molar refractivity (Wildman–Crippen MR) is 237 cm³/mol. The van der Waals surface area contributed by atoms with Gasteiger partial charge in [-0.05, 0) is 18.2 Å². The number of nitrogens with one attached hydrogen (secondary N) is 2. The van der Waals surface area contributed by atoms with E-state index in [4.69, 9.17) is 19.5 Å². The van der Waals surface area contributed by atoms with Gasteiger partial charge in [-0.15, -0.1) is 11.8 Å². The molecule has 0 saturated carbocycles. The van der Waals surface area contributed by atoms with Gasteiger partial charge in [0.05, 0.1) is 19.5 Å². The highest BCUT2D eigenvalue weighted by Crippen LogP contribution is 2.61. The third kappa shape index (κ3) is 19.9. The van der Waals surface area contributed by atoms with E-state index in [0.717, 1.165) is 23.6 Å². The summed E-state index contributed by atoms with van der Waals surface area (Å²) in [5.74, 6) is -0.699. The minimum Gasteiger partial charge on any atom is -0.386 e. The number of hydrogen-bond donors (Lipinski definition) is 9. The number of anilines is 1. The van der Waals surface area contributed by atoms with E-state index in [1.807, 2.05) is 29.7 Å². The van der Waals surface area contributed by atoms with Gasteiger partial charge in [-0.2, -0.15) is 4.31 Å². The molecular formula is C37H62N7O16P3S. The molecule has 1 saturated heterocycles. The van der Waals surface area contributed by atoms with Crippen LogP contribution in [0.5, 0.6) is 0 Å². The Morgan fingerprint density at radius 3 is 2.33 bits per heavy atom. The molecule has 0 radical (unpaired) electrons. The molecule has 64 heavy (non-hydrogen) atoms. The first-order valence-corrected chi connectivity index (χ1v) is 26.2. The Morgan fingerprint density at radius 2 is 1.62 bits per heavy atom. The number of imidazole rings is 1. The number of carbonyl (C=O) groups is 2. The van der Waals surface area contributed by atoms with Crippen LogP contribution < -0.4 is 16.4 Å². The SMILES string of the molecule is CCCCCCCCCCC=CC=CC=CSCCNC(=O)CCNC(=O)[C@H](O)C(C)(C)COP(=O)(O)OP(=O)(O)OC[C@H]1O[C@@H](n2cnc3c(N)ncnc32)[C@H](O)[C@@H]1OP(=O)(O)O. The van der Waals surface area contributed by atoms with Crippen LogP contribution in [0.3, 0.4) is 0 Å². The van der Waals surface area contributed by atoms with Crippen LogP contribution >= 0.6 is 35.2 Å². The quantitative estimate of drug-likeness (QED) is 0.0289. The first-order valence-electron chi connectivity index (χ1n) is 20.7. The molecule has 2 unspecified atom stereocenters. The van der Waals surface area contributed by atoms with E-state index in [1.165, 1.54) is 77.0 Å². The Balaban J connectivity index is 1.35. The van der Waals surface area contributed by atoms with Crippen LogP contribution in [0.2, 0.25) is 0 Å². The molecule has 23 nitrogen and oxygen atoms in total. The summed E-state index contributed by atoms with van der Waals surface area (Å²) in [7, 11) is -16.4. The van der Waals surface area contributed by atoms with E-state index in [-0.39, 0.29) is 35.9 Å². The second kappa shape index (κ2) is 27.1. The summed E-state index contributed by atoms with van der Waals surface area (Å²) in [6, 6.07) is 0. The molecule has 3 rings (SSSR count). The van der Waals surface area contributed by atoms with Crippen molar-refractivity contribution < 1.29 is 75.7 Å². The number of phosphoric ester groups is 3. The van der Waals surface area contributed by atoms with Gasteiger partial charge in [0.25, 0.3) is 0 Å². The lowest BCUT2D eigenvalue weighted by atomic mass is 9.87. The van der Waals surface area contributed by atoms with Gasteiger partial charge in [0.2, 0.25) is 11.8 Å². The maximum Gasteiger partial charge on any atom is 0.481 e. The van der Waals surface area contributed by atoms with Crippen molar-refractivity contribution in [3.05, 3.63) is 48.4 Å². The molecule has 362 valence electrons. The van der Waals surface area contributed by atoms with Crippen LogP contribution in [0.15, 0.2) is 48.4 Å². The maximum absolute atomic E-state index is 12.7. The zero-order valence-electron chi connectivity index (χ0n) is 36.0. The minimum atomic E-state index is -5.56. The van der Waals surface area contributed by atoms with Crippen LogP contribution in [-0.2, 0) is 45.9 Å². The second-order valence-corrected chi connectivity index (χ2v) is 20.6. The number of aliphatic hydroxyl groups is 2. The second-order valence-electron chi connectivity index (χ2n) is 15.3. The molecule has 1 aliphatic rings. The highest BCUT2D eigenvalue weighted by molar-refractivity contribution is 8.02. The third-order valence-corrected chi connectivity index (χ3v) is 13.4. The number of aliphatic hydroxyl groups excluding tert-OH is 2. The fraction of sp³-hybridized carbons (Fsp3) is 0.649. The molecule has 27 heteroatoms. The molecule has 3 heterocycles. The number of nitrogen functional groups attached to an aromatic ring is 1. The summed E-state index contributed by atoms with van der Waals surface area (Å²) in [5.41, 5.74) is 4.32. The van der Waals surface area contributed by atoms with E-state index in [1.54, 1.807) is 0 Å². The first-order chi connectivity index (χ1) is 30.2. The molecule has 1 aliphatic heterocycles. The average molecular weight is 986 g/mol. The summed E-state index contributed by atoms with van der Waals surface area (Å²) in [4.78, 5) is 76.0. The fourth-order valence-electron chi connectivity index (χ4n) is 6.06. The van der Waals surface area contributed by atoms with Crippen molar-refractivity contribution >= 4 is 64.0 Å². The van der Waals surface area contributed by atoms with Gasteiger partial charge in [0.1, 0.15) is 36.3 Å². The van der Waals surface area contributed by atoms with E-state index in [0.29, 0.717) is 12.3 Å². The molecule has 10 N–H and O–H groups in total. The molecule has 0 aliphatic carbocycles. The standard InChI is InChI=1S/C37H62N7O16P3S/c1-4-5-6-7-8-9-10-11-12-13-14-15-16-17-21-64-22-20-39-28(45)18-19-40-35(48)32(47)37(2,3)24-57-63(54,55)60-62(52,53)56-23-27-31(59-61(49,50)51)30(46)36(58-27)44-26-43-29-33(38)41-25-42-34(29)44/h13-17,21,25-27,30-32,36,46-47H,4-12,18-20,22-24H2,1-3H3,(H,39,45)(H,40,48)(H,52,53)(H,54,55)(H2,38,41,42)(H2,49,50,51)/t27-,30-,31-,32+,36-/m1/s1. The number of fused-ring (bicyclic) bond motifs is 1. The van der Waals surface area contributed by atoms with Crippen molar-refractivity contribution in [2.75, 3.05) is 37.8 Å². The van der Waals surface area contributed by atoms with E-state index < -0.39 is 78.6 Å². The van der Waals surface area contributed by atoms with Gasteiger partial charge in [-0.1, -0.05) is 96.1 Å². The monoisotopic (exact) mass is 985 g/mol. The Hall–Kier alpha value is -2.89. The third-order valence-electron chi connectivity index (χ3n) is 9.49. The topological polar surface area (TPSA) is 347 Å². The number of nitrogens with two attached hydrogens (primary N) is 1. The smallest absolute Gasteiger partial charge is 0.386 e. The Morgan fingerprint density at radius 1 is 0.953 bits per heavy atom. The first kappa shape index (κ1) is 55.4. The van der Waals surface area contributed by atoms with Gasteiger partial charge in [-0.3, -0.25) is 27.7 Å². The molecule has 2 amide bonds. The van der Waals surface area contributed by atoms with Crippen LogP contribution in [0.25, 0.3) is 11.2 Å². The predicted octanol–water partition coefficient (Wildman–Crippen LogP) is 4.30. The number of phosphoric acid groups is 3. The van der Waals surface area contributed by atoms with Crippen molar-refractivity contribution in [2.24, 2.45) is 5.41 Å². The number of amides is 2. The molecule has 2 aromatic heterocycles. The molecule has 7 atom stereocenters. The van der Waals surface area contributed by atoms with Gasteiger partial charge in [0.15, 0.2) is 17.7 Å². The number of hydrogen-bond acceptors (Lipinski definition) is 17. The van der Waals surface area contributed by atoms with Gasteiger partial charge in [-0.25, -0.2) is 28.6 Å². The number of rotatable bonds is 31. The lowest BCUT2D eigenvalue weighted by Gasteiger charge is -2.30. The van der Waals surface area contributed by atoms with E-state index in [2.05, 4.69) is 47.4 Å². The maximum atomic E-state index is 12.7. The van der Waals surface area contributed by atoms with Crippen LogP contribution in [0.1, 0.15) is 91.2 Å².